The van der Waals surface area contributed by atoms with Gasteiger partial charge < -0.3 is 25.8 Å². The van der Waals surface area contributed by atoms with Crippen LogP contribution in [0.25, 0.3) is 10.9 Å². The molecular formula is C31H32N4O6. The molecule has 10 nitrogen and oxygen atoms in total. The molecular weight excluding hydrogens is 524 g/mol. The normalized spacial score (nSPS) is 12.2. The molecule has 2 atom stereocenters. The molecule has 0 fully saturated rings. The second kappa shape index (κ2) is 13.9. The molecule has 0 aliphatic heterocycles. The number of carbonyl (C=O) groups excluding carboxylic acids is 4. The van der Waals surface area contributed by atoms with Crippen molar-refractivity contribution < 1.29 is 28.7 Å². The fourth-order valence-electron chi connectivity index (χ4n) is 4.30. The van der Waals surface area contributed by atoms with E-state index in [1.807, 2.05) is 72.8 Å². The molecule has 212 valence electrons. The van der Waals surface area contributed by atoms with Crippen molar-refractivity contribution in [2.75, 3.05) is 6.54 Å². The lowest BCUT2D eigenvalue weighted by Crippen LogP contribution is -2.45. The summed E-state index contributed by atoms with van der Waals surface area (Å²) in [6, 6.07) is 23.6. The highest BCUT2D eigenvalue weighted by molar-refractivity contribution is 5.98. The van der Waals surface area contributed by atoms with Crippen LogP contribution in [0.15, 0.2) is 91.1 Å². The molecule has 1 aromatic heterocycles. The Morgan fingerprint density at radius 2 is 1.39 bits per heavy atom. The Labute approximate surface area is 237 Å². The highest BCUT2D eigenvalue weighted by atomic mass is 16.5. The number of aromatic nitrogens is 1. The predicted molar refractivity (Wildman–Crippen MR) is 153 cm³/mol. The molecule has 2 unspecified atom stereocenters. The first-order valence-electron chi connectivity index (χ1n) is 13.2. The number of fused-ring (bicyclic) bond motifs is 1. The predicted octanol–water partition coefficient (Wildman–Crippen LogP) is 3.33. The summed E-state index contributed by atoms with van der Waals surface area (Å²) in [5.41, 5.74) is 8.32. The average Bonchev–Trinajstić information content (AvgIpc) is 3.37. The second-order valence-corrected chi connectivity index (χ2v) is 9.43. The van der Waals surface area contributed by atoms with E-state index in [1.54, 1.807) is 25.3 Å². The fraction of sp³-hybridized carbons (Fsp3) is 0.226. The van der Waals surface area contributed by atoms with E-state index in [-0.39, 0.29) is 26.2 Å². The van der Waals surface area contributed by atoms with Gasteiger partial charge in [-0.2, -0.15) is 0 Å². The molecule has 1 heterocycles. The third-order valence-electron chi connectivity index (χ3n) is 6.40. The summed E-state index contributed by atoms with van der Waals surface area (Å²) in [4.78, 5) is 50.9. The van der Waals surface area contributed by atoms with E-state index in [1.165, 1.54) is 4.57 Å². The molecule has 0 spiro atoms. The van der Waals surface area contributed by atoms with Gasteiger partial charge in [-0.25, -0.2) is 9.59 Å². The van der Waals surface area contributed by atoms with Crippen LogP contribution in [0.1, 0.15) is 28.4 Å². The topological polar surface area (TPSA) is 142 Å². The van der Waals surface area contributed by atoms with Crippen LogP contribution in [0.2, 0.25) is 0 Å². The Balaban J connectivity index is 1.49. The van der Waals surface area contributed by atoms with Gasteiger partial charge in [-0.3, -0.25) is 14.2 Å². The van der Waals surface area contributed by atoms with Gasteiger partial charge in [0.25, 0.3) is 5.91 Å². The van der Waals surface area contributed by atoms with Crippen LogP contribution in [0.3, 0.4) is 0 Å². The van der Waals surface area contributed by atoms with Crippen molar-refractivity contribution in [2.45, 2.75) is 38.6 Å². The van der Waals surface area contributed by atoms with E-state index >= 15 is 0 Å². The maximum absolute atomic E-state index is 13.4. The van der Waals surface area contributed by atoms with Crippen LogP contribution < -0.4 is 16.4 Å². The molecule has 0 radical (unpaired) electrons. The van der Waals surface area contributed by atoms with Gasteiger partial charge in [-0.05, 0) is 29.7 Å². The molecule has 0 aliphatic carbocycles. The summed E-state index contributed by atoms with van der Waals surface area (Å²) in [7, 11) is 0. The van der Waals surface area contributed by atoms with Crippen LogP contribution in [0.4, 0.5) is 4.79 Å². The zero-order valence-electron chi connectivity index (χ0n) is 22.6. The highest BCUT2D eigenvalue weighted by Gasteiger charge is 2.26. The van der Waals surface area contributed by atoms with Crippen molar-refractivity contribution in [1.82, 2.24) is 15.2 Å². The summed E-state index contributed by atoms with van der Waals surface area (Å²) in [5.74, 6) is -1.55. The Morgan fingerprint density at radius 3 is 2.02 bits per heavy atom. The van der Waals surface area contributed by atoms with Crippen molar-refractivity contribution in [3.8, 4) is 0 Å². The number of carbonyl (C=O) groups is 4. The van der Waals surface area contributed by atoms with Gasteiger partial charge in [0.05, 0.1) is 12.1 Å². The van der Waals surface area contributed by atoms with Crippen molar-refractivity contribution in [2.24, 2.45) is 5.73 Å². The molecule has 4 rings (SSSR count). The molecule has 3 aromatic carbocycles. The van der Waals surface area contributed by atoms with Gasteiger partial charge in [-0.15, -0.1) is 0 Å². The summed E-state index contributed by atoms with van der Waals surface area (Å²) in [6.45, 7) is 1.37. The number of nitrogens with two attached hydrogens (primary N) is 1. The van der Waals surface area contributed by atoms with Crippen LogP contribution in [0, 0.1) is 0 Å². The minimum atomic E-state index is -1.03. The Hall–Kier alpha value is -4.96. The molecule has 0 bridgehead atoms. The molecule has 0 saturated heterocycles. The lowest BCUT2D eigenvalue weighted by Gasteiger charge is -2.17. The number of rotatable bonds is 11. The van der Waals surface area contributed by atoms with Crippen LogP contribution >= 0.6 is 0 Å². The maximum atomic E-state index is 13.4. The van der Waals surface area contributed by atoms with Crippen molar-refractivity contribution in [1.29, 1.82) is 0 Å². The number of ether oxygens (including phenoxy) is 2. The lowest BCUT2D eigenvalue weighted by atomic mass is 10.0. The first-order valence-corrected chi connectivity index (χ1v) is 13.2. The summed E-state index contributed by atoms with van der Waals surface area (Å²) < 4.78 is 12.1. The lowest BCUT2D eigenvalue weighted by molar-refractivity contribution is -0.149. The first-order chi connectivity index (χ1) is 19.9. The number of hydrogen-bond acceptors (Lipinski definition) is 7. The van der Waals surface area contributed by atoms with E-state index < -0.39 is 36.0 Å². The Morgan fingerprint density at radius 1 is 0.805 bits per heavy atom. The number of amides is 2. The molecule has 4 aromatic rings. The van der Waals surface area contributed by atoms with Gasteiger partial charge in [0.15, 0.2) is 0 Å². The number of esters is 1. The van der Waals surface area contributed by atoms with Gasteiger partial charge in [-0.1, -0.05) is 78.9 Å². The number of benzene rings is 3. The third kappa shape index (κ3) is 7.80. The van der Waals surface area contributed by atoms with Gasteiger partial charge >= 0.3 is 12.1 Å². The van der Waals surface area contributed by atoms with Gasteiger partial charge in [0.2, 0.25) is 5.91 Å². The average molecular weight is 557 g/mol. The summed E-state index contributed by atoms with van der Waals surface area (Å²) in [6.07, 6.45) is 0.935. The number of hydrogen-bond donors (Lipinski definition) is 3. The Kier molecular flexibility index (Phi) is 9.85. The smallest absolute Gasteiger partial charge is 0.408 e. The molecule has 2 amide bonds. The van der Waals surface area contributed by atoms with Crippen molar-refractivity contribution in [3.05, 3.63) is 108 Å². The monoisotopic (exact) mass is 556 g/mol. The van der Waals surface area contributed by atoms with E-state index in [0.717, 1.165) is 11.1 Å². The molecule has 0 saturated carbocycles. The SMILES string of the molecule is CC(NC(=O)OCc1ccccc1)C(=O)n1cc(CC(NC(=O)CN)C(=O)OCc2ccccc2)c2ccccc21. The highest BCUT2D eigenvalue weighted by Crippen LogP contribution is 2.23. The minimum absolute atomic E-state index is 0.0401. The van der Waals surface area contributed by atoms with Crippen molar-refractivity contribution in [3.63, 3.8) is 0 Å². The van der Waals surface area contributed by atoms with Gasteiger partial charge in [0.1, 0.15) is 25.3 Å². The first kappa shape index (κ1) is 29.0. The number of nitrogens with zero attached hydrogens (tertiary/aromatic N) is 1. The van der Waals surface area contributed by atoms with Crippen molar-refractivity contribution >= 4 is 34.8 Å². The zero-order chi connectivity index (χ0) is 29.2. The number of para-hydroxylation sites is 1. The zero-order valence-corrected chi connectivity index (χ0v) is 22.6. The van der Waals surface area contributed by atoms with E-state index in [9.17, 15) is 19.2 Å². The summed E-state index contributed by atoms with van der Waals surface area (Å²) in [5, 5.41) is 5.91. The van der Waals surface area contributed by atoms with E-state index in [2.05, 4.69) is 10.6 Å². The summed E-state index contributed by atoms with van der Waals surface area (Å²) >= 11 is 0. The molecule has 0 aliphatic rings. The largest absolute Gasteiger partial charge is 0.459 e. The van der Waals surface area contributed by atoms with E-state index in [0.29, 0.717) is 16.5 Å². The quantitative estimate of drug-likeness (QED) is 0.241. The molecule has 4 N–H and O–H groups in total. The van der Waals surface area contributed by atoms with Gasteiger partial charge in [0, 0.05) is 18.0 Å². The minimum Gasteiger partial charge on any atom is -0.459 e. The number of nitrogens with one attached hydrogen (secondary N) is 2. The van der Waals surface area contributed by atoms with Crippen LogP contribution in [-0.4, -0.2) is 47.1 Å². The standard InChI is InChI=1S/C31H32N4O6/c1-21(33-31(39)41-20-23-12-6-3-7-13-23)29(37)35-18-24(25-14-8-9-15-27(25)35)16-26(34-28(36)17-32)30(38)40-19-22-10-4-2-5-11-22/h2-15,18,21,26H,16-17,19-20,32H2,1H3,(H,33,39)(H,34,36). The van der Waals surface area contributed by atoms with E-state index in [4.69, 9.17) is 15.2 Å². The molecule has 41 heavy (non-hydrogen) atoms. The molecule has 10 heteroatoms. The second-order valence-electron chi connectivity index (χ2n) is 9.43. The van der Waals surface area contributed by atoms with Crippen LogP contribution in [-0.2, 0) is 38.7 Å². The van der Waals surface area contributed by atoms with Crippen LogP contribution in [0.5, 0.6) is 0 Å². The fourth-order valence-corrected chi connectivity index (χ4v) is 4.30. The maximum Gasteiger partial charge on any atom is 0.408 e. The third-order valence-corrected chi connectivity index (χ3v) is 6.40. The Bertz CT molecular complexity index is 1500. The number of alkyl carbamates (subject to hydrolysis) is 1.